The van der Waals surface area contributed by atoms with Gasteiger partial charge >= 0.3 is 0 Å². The minimum atomic E-state index is -0.00799. The molecule has 0 bridgehead atoms. The van der Waals surface area contributed by atoms with Gasteiger partial charge in [-0.2, -0.15) is 5.10 Å². The smallest absolute Gasteiger partial charge is 0.272 e. The second-order valence-electron chi connectivity index (χ2n) is 9.33. The van der Waals surface area contributed by atoms with Crippen LogP contribution < -0.4 is 5.32 Å². The molecule has 0 atom stereocenters. The highest BCUT2D eigenvalue weighted by Gasteiger charge is 2.29. The number of amides is 1. The number of likely N-dealkylation sites (tertiary alicyclic amines) is 1. The van der Waals surface area contributed by atoms with E-state index in [4.69, 9.17) is 5.10 Å². The van der Waals surface area contributed by atoms with E-state index in [1.807, 2.05) is 4.68 Å². The molecule has 1 N–H and O–H groups in total. The summed E-state index contributed by atoms with van der Waals surface area (Å²) in [6.07, 6.45) is 4.99. The standard InChI is InChI=1S/C27H32N4O/c1-19-10-12-23(13-11-19)31-25-9-5-8-24(25)26(29-31)27(32)28-22-14-16-30(17-15-22)18-21-7-4-3-6-20(21)2/h3-4,6-7,10-13,22H,5,8-9,14-18H2,1-2H3,(H,28,32). The molecule has 0 radical (unpaired) electrons. The molecule has 3 aromatic rings. The van der Waals surface area contributed by atoms with Gasteiger partial charge in [0.15, 0.2) is 5.69 Å². The van der Waals surface area contributed by atoms with Crippen molar-refractivity contribution < 1.29 is 4.79 Å². The number of benzene rings is 2. The van der Waals surface area contributed by atoms with E-state index in [0.29, 0.717) is 5.69 Å². The molecule has 0 unspecified atom stereocenters. The number of nitrogens with zero attached hydrogens (tertiary/aromatic N) is 3. The number of fused-ring (bicyclic) bond motifs is 1. The second kappa shape index (κ2) is 8.91. The lowest BCUT2D eigenvalue weighted by Gasteiger charge is -2.32. The molecule has 32 heavy (non-hydrogen) atoms. The first-order valence-corrected chi connectivity index (χ1v) is 11.8. The zero-order chi connectivity index (χ0) is 22.1. The van der Waals surface area contributed by atoms with E-state index in [1.54, 1.807) is 0 Å². The summed E-state index contributed by atoms with van der Waals surface area (Å²) >= 11 is 0. The fraction of sp³-hybridized carbons (Fsp3) is 0.407. The van der Waals surface area contributed by atoms with Crippen LogP contribution in [0.15, 0.2) is 48.5 Å². The quantitative estimate of drug-likeness (QED) is 0.656. The Bertz CT molecular complexity index is 1110. The highest BCUT2D eigenvalue weighted by atomic mass is 16.2. The van der Waals surface area contributed by atoms with Crippen LogP contribution in [0.5, 0.6) is 0 Å². The molecule has 2 aliphatic rings. The molecule has 2 aromatic carbocycles. The third-order valence-corrected chi connectivity index (χ3v) is 7.00. The van der Waals surface area contributed by atoms with Gasteiger partial charge in [0.05, 0.1) is 5.69 Å². The van der Waals surface area contributed by atoms with E-state index >= 15 is 0 Å². The molecule has 1 saturated heterocycles. The van der Waals surface area contributed by atoms with Gasteiger partial charge < -0.3 is 5.32 Å². The van der Waals surface area contributed by atoms with Crippen LogP contribution in [0, 0.1) is 13.8 Å². The van der Waals surface area contributed by atoms with Crippen LogP contribution in [0.3, 0.4) is 0 Å². The fourth-order valence-electron chi connectivity index (χ4n) is 5.04. The van der Waals surface area contributed by atoms with Crippen LogP contribution >= 0.6 is 0 Å². The lowest BCUT2D eigenvalue weighted by Crippen LogP contribution is -2.44. The Hall–Kier alpha value is -2.92. The number of aromatic nitrogens is 2. The van der Waals surface area contributed by atoms with Gasteiger partial charge in [-0.05, 0) is 69.2 Å². The SMILES string of the molecule is Cc1ccc(-n2nc(C(=O)NC3CCN(Cc4ccccc4C)CC3)c3c2CCC3)cc1. The van der Waals surface area contributed by atoms with Gasteiger partial charge in [0.2, 0.25) is 0 Å². The van der Waals surface area contributed by atoms with Gasteiger partial charge in [-0.3, -0.25) is 9.69 Å². The van der Waals surface area contributed by atoms with Crippen molar-refractivity contribution in [1.82, 2.24) is 20.0 Å². The van der Waals surface area contributed by atoms with Gasteiger partial charge in [-0.1, -0.05) is 42.0 Å². The van der Waals surface area contributed by atoms with Crippen molar-refractivity contribution in [3.8, 4) is 5.69 Å². The van der Waals surface area contributed by atoms with Crippen molar-refractivity contribution in [2.45, 2.75) is 58.5 Å². The lowest BCUT2D eigenvalue weighted by molar-refractivity contribution is 0.0902. The molecule has 5 rings (SSSR count). The molecular weight excluding hydrogens is 396 g/mol. The number of aryl methyl sites for hydroxylation is 2. The predicted molar refractivity (Wildman–Crippen MR) is 127 cm³/mol. The number of piperidine rings is 1. The summed E-state index contributed by atoms with van der Waals surface area (Å²) in [6.45, 7) is 7.27. The molecule has 2 heterocycles. The molecule has 1 amide bonds. The summed E-state index contributed by atoms with van der Waals surface area (Å²) in [4.78, 5) is 15.7. The van der Waals surface area contributed by atoms with Gasteiger partial charge in [0.25, 0.3) is 5.91 Å². The van der Waals surface area contributed by atoms with E-state index in [-0.39, 0.29) is 11.9 Å². The summed E-state index contributed by atoms with van der Waals surface area (Å²) < 4.78 is 1.99. The number of rotatable bonds is 5. The van der Waals surface area contributed by atoms with Crippen molar-refractivity contribution in [3.05, 3.63) is 82.2 Å². The number of nitrogens with one attached hydrogen (secondary N) is 1. The van der Waals surface area contributed by atoms with Crippen molar-refractivity contribution in [2.75, 3.05) is 13.1 Å². The highest BCUT2D eigenvalue weighted by molar-refractivity contribution is 5.94. The van der Waals surface area contributed by atoms with Crippen molar-refractivity contribution in [3.63, 3.8) is 0 Å². The third kappa shape index (κ3) is 4.22. The van der Waals surface area contributed by atoms with E-state index in [1.165, 1.54) is 22.4 Å². The molecule has 0 spiro atoms. The largest absolute Gasteiger partial charge is 0.348 e. The minimum absolute atomic E-state index is 0.00799. The summed E-state index contributed by atoms with van der Waals surface area (Å²) in [5.74, 6) is -0.00799. The van der Waals surface area contributed by atoms with Crippen LogP contribution in [0.25, 0.3) is 5.69 Å². The summed E-state index contributed by atoms with van der Waals surface area (Å²) in [5, 5.41) is 8.06. The normalized spacial score (nSPS) is 16.8. The topological polar surface area (TPSA) is 50.2 Å². The number of carbonyl (C=O) groups is 1. The number of hydrogen-bond donors (Lipinski definition) is 1. The summed E-state index contributed by atoms with van der Waals surface area (Å²) in [5.41, 5.74) is 7.97. The Morgan fingerprint density at radius 1 is 1.03 bits per heavy atom. The van der Waals surface area contributed by atoms with Crippen molar-refractivity contribution in [1.29, 1.82) is 0 Å². The second-order valence-corrected chi connectivity index (χ2v) is 9.33. The molecule has 5 nitrogen and oxygen atoms in total. The lowest BCUT2D eigenvalue weighted by atomic mass is 10.0. The van der Waals surface area contributed by atoms with E-state index in [9.17, 15) is 4.79 Å². The molecular formula is C27H32N4O. The van der Waals surface area contributed by atoms with Gasteiger partial charge in [-0.25, -0.2) is 4.68 Å². The van der Waals surface area contributed by atoms with Crippen molar-refractivity contribution >= 4 is 5.91 Å². The zero-order valence-electron chi connectivity index (χ0n) is 19.1. The zero-order valence-corrected chi connectivity index (χ0v) is 19.1. The molecule has 0 saturated carbocycles. The van der Waals surface area contributed by atoms with Gasteiger partial charge in [-0.15, -0.1) is 0 Å². The maximum absolute atomic E-state index is 13.2. The molecule has 5 heteroatoms. The fourth-order valence-corrected chi connectivity index (χ4v) is 5.04. The number of carbonyl (C=O) groups excluding carboxylic acids is 1. The van der Waals surface area contributed by atoms with Crippen molar-refractivity contribution in [2.24, 2.45) is 0 Å². The Balaban J connectivity index is 1.24. The molecule has 166 valence electrons. The van der Waals surface area contributed by atoms with Crippen LogP contribution in [0.4, 0.5) is 0 Å². The molecule has 1 aromatic heterocycles. The Kier molecular flexibility index (Phi) is 5.83. The van der Waals surface area contributed by atoms with E-state index < -0.39 is 0 Å². The molecule has 1 aliphatic carbocycles. The Morgan fingerprint density at radius 3 is 2.53 bits per heavy atom. The van der Waals surface area contributed by atoms with Crippen LogP contribution in [0.2, 0.25) is 0 Å². The maximum Gasteiger partial charge on any atom is 0.272 e. The number of hydrogen-bond acceptors (Lipinski definition) is 3. The third-order valence-electron chi connectivity index (χ3n) is 7.00. The molecule has 1 aliphatic heterocycles. The first kappa shape index (κ1) is 21.0. The Morgan fingerprint density at radius 2 is 1.78 bits per heavy atom. The average Bonchev–Trinajstić information content (AvgIpc) is 3.40. The average molecular weight is 429 g/mol. The van der Waals surface area contributed by atoms with Gasteiger partial charge in [0.1, 0.15) is 0 Å². The van der Waals surface area contributed by atoms with Crippen LogP contribution in [-0.2, 0) is 19.4 Å². The minimum Gasteiger partial charge on any atom is -0.348 e. The first-order chi connectivity index (χ1) is 15.6. The van der Waals surface area contributed by atoms with Crippen LogP contribution in [-0.4, -0.2) is 39.7 Å². The monoisotopic (exact) mass is 428 g/mol. The first-order valence-electron chi connectivity index (χ1n) is 11.8. The van der Waals surface area contributed by atoms with Crippen LogP contribution in [0.1, 0.15) is 57.7 Å². The highest BCUT2D eigenvalue weighted by Crippen LogP contribution is 2.28. The summed E-state index contributed by atoms with van der Waals surface area (Å²) in [7, 11) is 0. The molecule has 1 fully saturated rings. The predicted octanol–water partition coefficient (Wildman–Crippen LogP) is 4.37. The summed E-state index contributed by atoms with van der Waals surface area (Å²) in [6, 6.07) is 17.2. The van der Waals surface area contributed by atoms with E-state index in [2.05, 4.69) is 72.6 Å². The maximum atomic E-state index is 13.2. The Labute approximate surface area is 190 Å². The van der Waals surface area contributed by atoms with E-state index in [0.717, 1.165) is 63.0 Å². The van der Waals surface area contributed by atoms with Gasteiger partial charge in [0, 0.05) is 36.9 Å².